The fraction of sp³-hybridized carbons (Fsp3) is 0. The molecule has 0 bridgehead atoms. The van der Waals surface area contributed by atoms with Crippen LogP contribution in [0.25, 0.3) is 39.5 Å². The highest BCUT2D eigenvalue weighted by atomic mass is 16.6. The van der Waals surface area contributed by atoms with E-state index in [9.17, 15) is 14.9 Å². The predicted octanol–water partition coefficient (Wildman–Crippen LogP) is 5.62. The van der Waals surface area contributed by atoms with Crippen molar-refractivity contribution in [2.24, 2.45) is 0 Å². The smallest absolute Gasteiger partial charge is 0.268 e. The Bertz CT molecular complexity index is 1570. The maximum absolute atomic E-state index is 13.4. The van der Waals surface area contributed by atoms with E-state index >= 15 is 0 Å². The fourth-order valence-corrected chi connectivity index (χ4v) is 3.70. The van der Waals surface area contributed by atoms with Crippen molar-refractivity contribution < 1.29 is 4.92 Å². The van der Waals surface area contributed by atoms with Crippen molar-refractivity contribution in [3.05, 3.63) is 123 Å². The number of fused-ring (bicyclic) bond motifs is 2. The summed E-state index contributed by atoms with van der Waals surface area (Å²) in [5.41, 5.74) is 1.96. The van der Waals surface area contributed by atoms with Gasteiger partial charge in [0.2, 0.25) is 0 Å². The first-order chi connectivity index (χ1) is 15.6. The number of benzene rings is 4. The van der Waals surface area contributed by atoms with Crippen LogP contribution in [0.15, 0.2) is 95.8 Å². The third-order valence-corrected chi connectivity index (χ3v) is 5.32. The Morgan fingerprint density at radius 1 is 0.812 bits per heavy atom. The molecule has 4 aromatic carbocycles. The van der Waals surface area contributed by atoms with Gasteiger partial charge in [-0.3, -0.25) is 19.5 Å². The highest BCUT2D eigenvalue weighted by Crippen LogP contribution is 2.21. The van der Waals surface area contributed by atoms with Crippen molar-refractivity contribution in [1.29, 1.82) is 0 Å². The number of non-ortho nitro benzene ring substituents is 1. The number of nitro benzene ring substituents is 1. The molecule has 0 unspecified atom stereocenters. The Hall–Kier alpha value is -4.58. The highest BCUT2D eigenvalue weighted by molar-refractivity contribution is 5.85. The van der Waals surface area contributed by atoms with E-state index in [2.05, 4.69) is 0 Å². The van der Waals surface area contributed by atoms with E-state index in [4.69, 9.17) is 4.98 Å². The van der Waals surface area contributed by atoms with Crippen LogP contribution >= 0.6 is 0 Å². The maximum atomic E-state index is 13.4. The zero-order valence-electron chi connectivity index (χ0n) is 16.9. The van der Waals surface area contributed by atoms with E-state index in [1.165, 1.54) is 12.1 Å². The number of para-hydroxylation sites is 1. The zero-order valence-corrected chi connectivity index (χ0v) is 16.9. The molecule has 0 fully saturated rings. The Labute approximate surface area is 182 Å². The molecule has 32 heavy (non-hydrogen) atoms. The predicted molar refractivity (Wildman–Crippen MR) is 127 cm³/mol. The topological polar surface area (TPSA) is 78.0 Å². The zero-order chi connectivity index (χ0) is 22.1. The molecule has 154 valence electrons. The van der Waals surface area contributed by atoms with E-state index in [0.717, 1.165) is 22.0 Å². The average Bonchev–Trinajstić information content (AvgIpc) is 2.83. The average molecular weight is 419 g/mol. The molecule has 1 aromatic heterocycles. The first-order valence-corrected chi connectivity index (χ1v) is 10.0. The van der Waals surface area contributed by atoms with Gasteiger partial charge in [0.15, 0.2) is 0 Å². The lowest BCUT2D eigenvalue weighted by Crippen LogP contribution is -2.22. The summed E-state index contributed by atoms with van der Waals surface area (Å²) in [5, 5.41) is 13.5. The van der Waals surface area contributed by atoms with Gasteiger partial charge in [-0.2, -0.15) is 0 Å². The lowest BCUT2D eigenvalue weighted by molar-refractivity contribution is -0.384. The van der Waals surface area contributed by atoms with Crippen LogP contribution in [-0.2, 0) is 0 Å². The normalized spacial score (nSPS) is 11.4. The standard InChI is InChI=1S/C26H17N3O3/c30-26-23-7-3-4-8-24(23)27-25(16-11-18-9-13-21(14-10-18)29(31)32)28(26)22-15-12-19-5-1-2-6-20(19)17-22/h1-17H/b16-11+. The van der Waals surface area contributed by atoms with Gasteiger partial charge < -0.3 is 0 Å². The number of aromatic nitrogens is 2. The molecule has 5 aromatic rings. The van der Waals surface area contributed by atoms with Gasteiger partial charge >= 0.3 is 0 Å². The summed E-state index contributed by atoms with van der Waals surface area (Å²) < 4.78 is 1.59. The molecule has 0 atom stereocenters. The van der Waals surface area contributed by atoms with Gasteiger partial charge in [0.05, 0.1) is 21.5 Å². The second-order valence-corrected chi connectivity index (χ2v) is 7.34. The maximum Gasteiger partial charge on any atom is 0.269 e. The summed E-state index contributed by atoms with van der Waals surface area (Å²) in [5.74, 6) is 0.474. The van der Waals surface area contributed by atoms with Gasteiger partial charge in [-0.1, -0.05) is 48.5 Å². The molecule has 0 radical (unpaired) electrons. The van der Waals surface area contributed by atoms with Crippen LogP contribution < -0.4 is 5.56 Å². The molecule has 0 aliphatic carbocycles. The largest absolute Gasteiger partial charge is 0.269 e. The minimum absolute atomic E-state index is 0.0269. The fourth-order valence-electron chi connectivity index (χ4n) is 3.70. The molecule has 6 nitrogen and oxygen atoms in total. The number of hydrogen-bond donors (Lipinski definition) is 0. The second-order valence-electron chi connectivity index (χ2n) is 7.34. The second kappa shape index (κ2) is 7.92. The van der Waals surface area contributed by atoms with Gasteiger partial charge in [0.25, 0.3) is 11.2 Å². The summed E-state index contributed by atoms with van der Waals surface area (Å²) >= 11 is 0. The van der Waals surface area contributed by atoms with Gasteiger partial charge in [0.1, 0.15) is 5.82 Å². The minimum atomic E-state index is -0.435. The van der Waals surface area contributed by atoms with Gasteiger partial charge in [-0.25, -0.2) is 4.98 Å². The summed E-state index contributed by atoms with van der Waals surface area (Å²) in [4.78, 5) is 28.6. The first kappa shape index (κ1) is 19.4. The molecule has 0 spiro atoms. The summed E-state index contributed by atoms with van der Waals surface area (Å²) in [6.07, 6.45) is 3.54. The highest BCUT2D eigenvalue weighted by Gasteiger charge is 2.11. The third kappa shape index (κ3) is 3.54. The Morgan fingerprint density at radius 2 is 1.53 bits per heavy atom. The monoisotopic (exact) mass is 419 g/mol. The number of nitro groups is 1. The summed E-state index contributed by atoms with van der Waals surface area (Å²) in [6, 6.07) is 27.3. The molecule has 6 heteroatoms. The van der Waals surface area contributed by atoms with Gasteiger partial charge in [-0.05, 0) is 58.8 Å². The summed E-state index contributed by atoms with van der Waals surface area (Å²) in [6.45, 7) is 0. The van der Waals surface area contributed by atoms with E-state index in [1.807, 2.05) is 60.7 Å². The Kier molecular flexibility index (Phi) is 4.80. The molecule has 1 heterocycles. The van der Waals surface area contributed by atoms with Crippen molar-refractivity contribution in [2.45, 2.75) is 0 Å². The van der Waals surface area contributed by atoms with Crippen LogP contribution in [0.3, 0.4) is 0 Å². The lowest BCUT2D eigenvalue weighted by atomic mass is 10.1. The van der Waals surface area contributed by atoms with Crippen molar-refractivity contribution in [2.75, 3.05) is 0 Å². The van der Waals surface area contributed by atoms with E-state index in [0.29, 0.717) is 16.7 Å². The molecule has 0 aliphatic rings. The van der Waals surface area contributed by atoms with Crippen LogP contribution in [0, 0.1) is 10.1 Å². The van der Waals surface area contributed by atoms with E-state index in [1.54, 1.807) is 34.9 Å². The molecule has 0 amide bonds. The van der Waals surface area contributed by atoms with Gasteiger partial charge in [0, 0.05) is 12.1 Å². The SMILES string of the molecule is O=c1c2ccccc2nc(/C=C/c2ccc([N+](=O)[O-])cc2)n1-c1ccc2ccccc2c1. The molecular formula is C26H17N3O3. The molecule has 0 saturated heterocycles. The lowest BCUT2D eigenvalue weighted by Gasteiger charge is -2.12. The first-order valence-electron chi connectivity index (χ1n) is 10.0. The van der Waals surface area contributed by atoms with E-state index in [-0.39, 0.29) is 11.2 Å². The number of nitrogens with zero attached hydrogens (tertiary/aromatic N) is 3. The number of hydrogen-bond acceptors (Lipinski definition) is 4. The third-order valence-electron chi connectivity index (χ3n) is 5.32. The quantitative estimate of drug-likeness (QED) is 0.280. The van der Waals surface area contributed by atoms with Crippen LogP contribution in [0.2, 0.25) is 0 Å². The molecular weight excluding hydrogens is 402 g/mol. The minimum Gasteiger partial charge on any atom is -0.268 e. The van der Waals surface area contributed by atoms with Crippen LogP contribution in [0.5, 0.6) is 0 Å². The summed E-state index contributed by atoms with van der Waals surface area (Å²) in [7, 11) is 0. The van der Waals surface area contributed by atoms with Crippen molar-refractivity contribution in [3.63, 3.8) is 0 Å². The molecule has 0 saturated carbocycles. The Morgan fingerprint density at radius 3 is 2.31 bits per heavy atom. The van der Waals surface area contributed by atoms with Crippen molar-refractivity contribution >= 4 is 39.5 Å². The van der Waals surface area contributed by atoms with Crippen molar-refractivity contribution in [3.8, 4) is 5.69 Å². The van der Waals surface area contributed by atoms with Crippen molar-refractivity contribution in [1.82, 2.24) is 9.55 Å². The number of rotatable bonds is 4. The molecule has 0 N–H and O–H groups in total. The van der Waals surface area contributed by atoms with Crippen LogP contribution in [0.1, 0.15) is 11.4 Å². The van der Waals surface area contributed by atoms with E-state index < -0.39 is 4.92 Å². The molecule has 5 rings (SSSR count). The van der Waals surface area contributed by atoms with Crippen LogP contribution in [0.4, 0.5) is 5.69 Å². The molecule has 0 aliphatic heterocycles. The Balaban J connectivity index is 1.68. The van der Waals surface area contributed by atoms with Crippen LogP contribution in [-0.4, -0.2) is 14.5 Å². The van der Waals surface area contributed by atoms with Gasteiger partial charge in [-0.15, -0.1) is 0 Å².